The Kier molecular flexibility index (Phi) is 4.51. The number of hydrogen-bond donors (Lipinski definition) is 4. The molecular weight excluding hydrogens is 228 g/mol. The molecule has 1 aromatic rings. The zero-order chi connectivity index (χ0) is 12.1. The fraction of sp³-hybridized carbons (Fsp3) is 0.556. The van der Waals surface area contributed by atoms with Gasteiger partial charge in [0.05, 0.1) is 6.10 Å². The summed E-state index contributed by atoms with van der Waals surface area (Å²) in [7, 11) is 1.54. The maximum atomic E-state index is 11.5. The molecule has 1 unspecified atom stereocenters. The van der Waals surface area contributed by atoms with E-state index in [1.165, 1.54) is 0 Å². The van der Waals surface area contributed by atoms with E-state index in [2.05, 4.69) is 15.0 Å². The predicted octanol–water partition coefficient (Wildman–Crippen LogP) is 0.268. The van der Waals surface area contributed by atoms with E-state index in [0.717, 1.165) is 11.5 Å². The molecule has 1 atom stereocenters. The van der Waals surface area contributed by atoms with Gasteiger partial charge in [-0.15, -0.1) is 0 Å². The smallest absolute Gasteiger partial charge is 0.257 e. The highest BCUT2D eigenvalue weighted by molar-refractivity contribution is 7.11. The van der Waals surface area contributed by atoms with Gasteiger partial charge in [-0.2, -0.15) is 4.37 Å². The van der Waals surface area contributed by atoms with Crippen LogP contribution in [0, 0.1) is 0 Å². The molecule has 5 N–H and O–H groups in total. The highest BCUT2D eigenvalue weighted by Crippen LogP contribution is 2.26. The molecule has 0 aromatic carbocycles. The number of nitrogen functional groups attached to an aromatic ring is 1. The number of aliphatic hydroxyl groups excluding tert-OH is 1. The Labute approximate surface area is 98.0 Å². The van der Waals surface area contributed by atoms with Crippen LogP contribution in [0.2, 0.25) is 0 Å². The Hall–Kier alpha value is -1.34. The van der Waals surface area contributed by atoms with Gasteiger partial charge in [0.15, 0.2) is 5.82 Å². The van der Waals surface area contributed by atoms with Gasteiger partial charge in [-0.25, -0.2) is 0 Å². The molecule has 1 aromatic heterocycles. The largest absolute Gasteiger partial charge is 0.393 e. The second-order valence-corrected chi connectivity index (χ2v) is 4.19. The molecule has 0 radical (unpaired) electrons. The second kappa shape index (κ2) is 5.66. The van der Waals surface area contributed by atoms with Crippen molar-refractivity contribution in [2.24, 2.45) is 0 Å². The first-order chi connectivity index (χ1) is 7.56. The van der Waals surface area contributed by atoms with E-state index in [9.17, 15) is 4.79 Å². The monoisotopic (exact) mass is 244 g/mol. The summed E-state index contributed by atoms with van der Waals surface area (Å²) >= 11 is 1.14. The SMILES string of the molecule is CNC(=O)c1c(N)nsc1NCCC(C)O. The van der Waals surface area contributed by atoms with E-state index in [-0.39, 0.29) is 17.8 Å². The van der Waals surface area contributed by atoms with Crippen molar-refractivity contribution in [3.8, 4) is 0 Å². The van der Waals surface area contributed by atoms with Gasteiger partial charge in [0.2, 0.25) is 0 Å². The average molecular weight is 244 g/mol. The van der Waals surface area contributed by atoms with Crippen molar-refractivity contribution in [1.29, 1.82) is 0 Å². The number of anilines is 2. The number of aromatic nitrogens is 1. The summed E-state index contributed by atoms with van der Waals surface area (Å²) in [4.78, 5) is 11.5. The molecule has 16 heavy (non-hydrogen) atoms. The van der Waals surface area contributed by atoms with E-state index in [0.29, 0.717) is 23.5 Å². The van der Waals surface area contributed by atoms with Gasteiger partial charge >= 0.3 is 0 Å². The van der Waals surface area contributed by atoms with Gasteiger partial charge in [-0.3, -0.25) is 4.79 Å². The molecule has 0 saturated heterocycles. The molecule has 0 fully saturated rings. The lowest BCUT2D eigenvalue weighted by Crippen LogP contribution is -2.20. The molecule has 1 rings (SSSR count). The minimum atomic E-state index is -0.374. The summed E-state index contributed by atoms with van der Waals surface area (Å²) in [5.41, 5.74) is 5.97. The summed E-state index contributed by atoms with van der Waals surface area (Å²) in [6, 6.07) is 0. The lowest BCUT2D eigenvalue weighted by atomic mass is 10.2. The number of carbonyl (C=O) groups is 1. The van der Waals surface area contributed by atoms with Crippen LogP contribution in [0.3, 0.4) is 0 Å². The lowest BCUT2D eigenvalue weighted by molar-refractivity contribution is 0.0965. The Bertz CT molecular complexity index is 364. The van der Waals surface area contributed by atoms with Crippen LogP contribution in [0.25, 0.3) is 0 Å². The van der Waals surface area contributed by atoms with E-state index in [4.69, 9.17) is 10.8 Å². The Balaban J connectivity index is 2.69. The number of hydrogen-bond acceptors (Lipinski definition) is 6. The highest BCUT2D eigenvalue weighted by atomic mass is 32.1. The quantitative estimate of drug-likeness (QED) is 0.595. The van der Waals surface area contributed by atoms with Gasteiger partial charge < -0.3 is 21.5 Å². The first kappa shape index (κ1) is 12.7. The van der Waals surface area contributed by atoms with Gasteiger partial charge in [-0.1, -0.05) is 0 Å². The van der Waals surface area contributed by atoms with E-state index >= 15 is 0 Å². The van der Waals surface area contributed by atoms with Crippen molar-refractivity contribution in [3.05, 3.63) is 5.56 Å². The molecule has 90 valence electrons. The van der Waals surface area contributed by atoms with Crippen molar-refractivity contribution < 1.29 is 9.90 Å². The first-order valence-corrected chi connectivity index (χ1v) is 5.72. The molecule has 0 bridgehead atoms. The van der Waals surface area contributed by atoms with Crippen LogP contribution in [0.15, 0.2) is 0 Å². The number of amides is 1. The molecule has 1 amide bonds. The van der Waals surface area contributed by atoms with Gasteiger partial charge in [0.25, 0.3) is 5.91 Å². The topological polar surface area (TPSA) is 100 Å². The second-order valence-electron chi connectivity index (χ2n) is 3.42. The maximum Gasteiger partial charge on any atom is 0.257 e. The molecule has 0 saturated carbocycles. The zero-order valence-electron chi connectivity index (χ0n) is 9.28. The normalized spacial score (nSPS) is 12.2. The zero-order valence-corrected chi connectivity index (χ0v) is 10.1. The molecule has 6 nitrogen and oxygen atoms in total. The summed E-state index contributed by atoms with van der Waals surface area (Å²) in [6.45, 7) is 2.28. The molecule has 0 spiro atoms. The Morgan fingerprint density at radius 3 is 2.94 bits per heavy atom. The van der Waals surface area contributed by atoms with Gasteiger partial charge in [0.1, 0.15) is 10.6 Å². The van der Waals surface area contributed by atoms with Gasteiger partial charge in [0, 0.05) is 13.6 Å². The molecule has 0 aliphatic rings. The average Bonchev–Trinajstić information content (AvgIpc) is 2.58. The van der Waals surface area contributed by atoms with Gasteiger partial charge in [-0.05, 0) is 24.9 Å². The number of aliphatic hydroxyl groups is 1. The number of carbonyl (C=O) groups excluding carboxylic acids is 1. The summed E-state index contributed by atoms with van der Waals surface area (Å²) < 4.78 is 3.92. The Morgan fingerprint density at radius 1 is 1.69 bits per heavy atom. The van der Waals surface area contributed by atoms with Crippen molar-refractivity contribution in [1.82, 2.24) is 9.69 Å². The third kappa shape index (κ3) is 3.07. The summed E-state index contributed by atoms with van der Waals surface area (Å²) in [5.74, 6) is -0.0327. The van der Waals surface area contributed by atoms with Crippen LogP contribution in [0.5, 0.6) is 0 Å². The maximum absolute atomic E-state index is 11.5. The fourth-order valence-electron chi connectivity index (χ4n) is 1.16. The molecular formula is C9H16N4O2S. The van der Waals surface area contributed by atoms with Crippen LogP contribution in [0.1, 0.15) is 23.7 Å². The first-order valence-electron chi connectivity index (χ1n) is 4.95. The van der Waals surface area contributed by atoms with Crippen LogP contribution in [0.4, 0.5) is 10.8 Å². The molecule has 7 heteroatoms. The van der Waals surface area contributed by atoms with Crippen LogP contribution < -0.4 is 16.4 Å². The number of rotatable bonds is 5. The van der Waals surface area contributed by atoms with Crippen molar-refractivity contribution in [2.75, 3.05) is 24.6 Å². The molecule has 1 heterocycles. The Morgan fingerprint density at radius 2 is 2.38 bits per heavy atom. The molecule has 0 aliphatic carbocycles. The van der Waals surface area contributed by atoms with E-state index < -0.39 is 0 Å². The van der Waals surface area contributed by atoms with Crippen LogP contribution in [-0.2, 0) is 0 Å². The highest BCUT2D eigenvalue weighted by Gasteiger charge is 2.17. The van der Waals surface area contributed by atoms with Crippen molar-refractivity contribution in [2.45, 2.75) is 19.4 Å². The minimum Gasteiger partial charge on any atom is -0.393 e. The third-order valence-electron chi connectivity index (χ3n) is 2.02. The van der Waals surface area contributed by atoms with Crippen molar-refractivity contribution in [3.63, 3.8) is 0 Å². The number of nitrogens with one attached hydrogen (secondary N) is 2. The summed E-state index contributed by atoms with van der Waals surface area (Å²) in [6.07, 6.45) is 0.228. The number of nitrogens with two attached hydrogens (primary N) is 1. The van der Waals surface area contributed by atoms with Crippen LogP contribution >= 0.6 is 11.5 Å². The van der Waals surface area contributed by atoms with Crippen LogP contribution in [-0.4, -0.2) is 35.1 Å². The van der Waals surface area contributed by atoms with Crippen molar-refractivity contribution >= 4 is 28.3 Å². The predicted molar refractivity (Wildman–Crippen MR) is 64.7 cm³/mol. The minimum absolute atomic E-state index is 0.226. The third-order valence-corrected chi connectivity index (χ3v) is 2.84. The lowest BCUT2D eigenvalue weighted by Gasteiger charge is -2.07. The number of nitrogens with zero attached hydrogens (tertiary/aromatic N) is 1. The van der Waals surface area contributed by atoms with E-state index in [1.54, 1.807) is 14.0 Å². The standard InChI is InChI=1S/C9H16N4O2S/c1-5(14)3-4-12-9-6(8(15)11-2)7(10)13-16-9/h5,12,14H,3-4H2,1-2H3,(H2,10,13)(H,11,15). The summed E-state index contributed by atoms with van der Waals surface area (Å²) in [5, 5.41) is 15.3. The fourth-order valence-corrected chi connectivity index (χ4v) is 1.90. The molecule has 0 aliphatic heterocycles. The van der Waals surface area contributed by atoms with E-state index in [1.807, 2.05) is 0 Å².